The summed E-state index contributed by atoms with van der Waals surface area (Å²) in [5.74, 6) is 0.164. The van der Waals surface area contributed by atoms with E-state index < -0.39 is 0 Å². The molecule has 0 atom stereocenters. The summed E-state index contributed by atoms with van der Waals surface area (Å²) in [6.45, 7) is 2.03. The van der Waals surface area contributed by atoms with Gasteiger partial charge < -0.3 is 9.32 Å². The standard InChI is InChI=1S/C19H18N2O2S/c22-18(20-11-9-14-5-1-2-6-15(14)13-20)10-12-21-16-7-3-4-8-17(16)23-19(21)24/h1-8H,9-13H2. The molecule has 122 valence electrons. The lowest BCUT2D eigenvalue weighted by Crippen LogP contribution is -2.36. The van der Waals surface area contributed by atoms with Crippen molar-refractivity contribution >= 4 is 29.2 Å². The number of aromatic nitrogens is 1. The average molecular weight is 338 g/mol. The van der Waals surface area contributed by atoms with Crippen LogP contribution in [-0.4, -0.2) is 21.9 Å². The van der Waals surface area contributed by atoms with Crippen molar-refractivity contribution in [3.63, 3.8) is 0 Å². The van der Waals surface area contributed by atoms with Crippen LogP contribution in [0.4, 0.5) is 0 Å². The van der Waals surface area contributed by atoms with E-state index in [0.29, 0.717) is 24.3 Å². The number of aryl methyl sites for hydroxylation is 1. The molecule has 4 rings (SSSR count). The molecule has 0 aliphatic carbocycles. The highest BCUT2D eigenvalue weighted by molar-refractivity contribution is 7.71. The minimum absolute atomic E-state index is 0.164. The number of fused-ring (bicyclic) bond motifs is 2. The van der Waals surface area contributed by atoms with Crippen molar-refractivity contribution in [3.05, 3.63) is 64.5 Å². The van der Waals surface area contributed by atoms with Gasteiger partial charge in [0.25, 0.3) is 4.84 Å². The van der Waals surface area contributed by atoms with Crippen molar-refractivity contribution in [3.8, 4) is 0 Å². The Morgan fingerprint density at radius 1 is 1.08 bits per heavy atom. The van der Waals surface area contributed by atoms with Crippen LogP contribution < -0.4 is 0 Å². The normalized spacial score (nSPS) is 13.9. The molecule has 0 fully saturated rings. The van der Waals surface area contributed by atoms with Gasteiger partial charge in [-0.25, -0.2) is 0 Å². The molecule has 2 heterocycles. The van der Waals surface area contributed by atoms with Crippen molar-refractivity contribution in [2.75, 3.05) is 6.54 Å². The van der Waals surface area contributed by atoms with E-state index in [9.17, 15) is 4.79 Å². The summed E-state index contributed by atoms with van der Waals surface area (Å²) in [5.41, 5.74) is 4.31. The zero-order valence-corrected chi connectivity index (χ0v) is 14.1. The Balaban J connectivity index is 1.47. The van der Waals surface area contributed by atoms with E-state index in [4.69, 9.17) is 16.6 Å². The van der Waals surface area contributed by atoms with E-state index in [1.54, 1.807) is 0 Å². The fourth-order valence-electron chi connectivity index (χ4n) is 3.30. The summed E-state index contributed by atoms with van der Waals surface area (Å²) in [6, 6.07) is 16.1. The van der Waals surface area contributed by atoms with Crippen LogP contribution in [0.2, 0.25) is 0 Å². The van der Waals surface area contributed by atoms with Crippen LogP contribution in [0.15, 0.2) is 52.9 Å². The largest absolute Gasteiger partial charge is 0.429 e. The number of nitrogens with zero attached hydrogens (tertiary/aromatic N) is 2. The van der Waals surface area contributed by atoms with Crippen LogP contribution >= 0.6 is 12.2 Å². The first-order chi connectivity index (χ1) is 11.7. The highest BCUT2D eigenvalue weighted by atomic mass is 32.1. The molecule has 1 amide bonds. The fourth-order valence-corrected chi connectivity index (χ4v) is 3.58. The summed E-state index contributed by atoms with van der Waals surface area (Å²) in [5, 5.41) is 0. The zero-order chi connectivity index (χ0) is 16.5. The van der Waals surface area contributed by atoms with E-state index in [1.807, 2.05) is 39.8 Å². The third-order valence-corrected chi connectivity index (χ3v) is 4.91. The third-order valence-electron chi connectivity index (χ3n) is 4.61. The van der Waals surface area contributed by atoms with Gasteiger partial charge in [-0.15, -0.1) is 0 Å². The van der Waals surface area contributed by atoms with Gasteiger partial charge in [-0.1, -0.05) is 36.4 Å². The summed E-state index contributed by atoms with van der Waals surface area (Å²) in [7, 11) is 0. The maximum atomic E-state index is 12.6. The third kappa shape index (κ3) is 2.76. The minimum atomic E-state index is 0.164. The van der Waals surface area contributed by atoms with Crippen molar-refractivity contribution in [1.82, 2.24) is 9.47 Å². The molecule has 0 N–H and O–H groups in total. The minimum Gasteiger partial charge on any atom is -0.429 e. The Morgan fingerprint density at radius 3 is 2.71 bits per heavy atom. The van der Waals surface area contributed by atoms with E-state index >= 15 is 0 Å². The second kappa shape index (κ2) is 6.24. The molecule has 1 aromatic heterocycles. The van der Waals surface area contributed by atoms with Gasteiger partial charge >= 0.3 is 0 Å². The lowest BCUT2D eigenvalue weighted by molar-refractivity contribution is -0.132. The Hall–Kier alpha value is -2.40. The molecule has 0 saturated carbocycles. The first-order valence-corrected chi connectivity index (χ1v) is 8.56. The van der Waals surface area contributed by atoms with Crippen LogP contribution in [-0.2, 0) is 24.3 Å². The molecule has 4 nitrogen and oxygen atoms in total. The lowest BCUT2D eigenvalue weighted by Gasteiger charge is -2.29. The van der Waals surface area contributed by atoms with Gasteiger partial charge in [-0.05, 0) is 41.9 Å². The lowest BCUT2D eigenvalue weighted by atomic mass is 10.00. The van der Waals surface area contributed by atoms with Gasteiger partial charge in [0, 0.05) is 26.1 Å². The number of carbonyl (C=O) groups is 1. The first-order valence-electron chi connectivity index (χ1n) is 8.15. The van der Waals surface area contributed by atoms with Gasteiger partial charge in [0.1, 0.15) is 0 Å². The monoisotopic (exact) mass is 338 g/mol. The van der Waals surface area contributed by atoms with Crippen LogP contribution in [0.25, 0.3) is 11.1 Å². The number of hydrogen-bond acceptors (Lipinski definition) is 3. The predicted octanol–water partition coefficient (Wildman–Crippen LogP) is 3.94. The quantitative estimate of drug-likeness (QED) is 0.679. The Morgan fingerprint density at radius 2 is 1.83 bits per heavy atom. The molecule has 0 bridgehead atoms. The summed E-state index contributed by atoms with van der Waals surface area (Å²) < 4.78 is 7.48. The summed E-state index contributed by atoms with van der Waals surface area (Å²) in [6.07, 6.45) is 1.36. The van der Waals surface area contributed by atoms with Crippen molar-refractivity contribution in [2.24, 2.45) is 0 Å². The van der Waals surface area contributed by atoms with E-state index in [1.165, 1.54) is 11.1 Å². The molecular weight excluding hydrogens is 320 g/mol. The number of hydrogen-bond donors (Lipinski definition) is 0. The van der Waals surface area contributed by atoms with Crippen LogP contribution in [0.3, 0.4) is 0 Å². The van der Waals surface area contributed by atoms with Gasteiger partial charge in [-0.2, -0.15) is 0 Å². The topological polar surface area (TPSA) is 38.4 Å². The molecule has 3 aromatic rings. The molecule has 5 heteroatoms. The fraction of sp³-hybridized carbons (Fsp3) is 0.263. The molecule has 0 spiro atoms. The maximum absolute atomic E-state index is 12.6. The Bertz CT molecular complexity index is 957. The van der Waals surface area contributed by atoms with Crippen molar-refractivity contribution < 1.29 is 9.21 Å². The van der Waals surface area contributed by atoms with Crippen LogP contribution in [0, 0.1) is 4.84 Å². The second-order valence-electron chi connectivity index (χ2n) is 6.07. The van der Waals surface area contributed by atoms with Gasteiger partial charge in [0.15, 0.2) is 5.58 Å². The number of oxazole rings is 1. The Kier molecular flexibility index (Phi) is 3.94. The van der Waals surface area contributed by atoms with Crippen molar-refractivity contribution in [2.45, 2.75) is 25.9 Å². The smallest absolute Gasteiger partial charge is 0.269 e. The first kappa shape index (κ1) is 15.1. The van der Waals surface area contributed by atoms with Gasteiger partial charge in [0.05, 0.1) is 5.52 Å². The van der Waals surface area contributed by atoms with E-state index in [0.717, 1.165) is 24.1 Å². The number of rotatable bonds is 3. The van der Waals surface area contributed by atoms with Crippen molar-refractivity contribution in [1.29, 1.82) is 0 Å². The second-order valence-corrected chi connectivity index (χ2v) is 6.42. The average Bonchev–Trinajstić information content (AvgIpc) is 2.94. The van der Waals surface area contributed by atoms with E-state index in [-0.39, 0.29) is 5.91 Å². The Labute approximate surface area is 145 Å². The van der Waals surface area contributed by atoms with Gasteiger partial charge in [-0.3, -0.25) is 9.36 Å². The summed E-state index contributed by atoms with van der Waals surface area (Å²) in [4.78, 5) is 15.0. The van der Waals surface area contributed by atoms with Crippen LogP contribution in [0.5, 0.6) is 0 Å². The maximum Gasteiger partial charge on any atom is 0.269 e. The number of para-hydroxylation sites is 2. The molecule has 2 aromatic carbocycles. The number of carbonyl (C=O) groups excluding carboxylic acids is 1. The SMILES string of the molecule is O=C(CCn1c(=S)oc2ccccc21)N1CCc2ccccc2C1. The number of benzene rings is 2. The summed E-state index contributed by atoms with van der Waals surface area (Å²) >= 11 is 5.28. The predicted molar refractivity (Wildman–Crippen MR) is 95.2 cm³/mol. The van der Waals surface area contributed by atoms with E-state index in [2.05, 4.69) is 18.2 Å². The molecule has 1 aliphatic rings. The molecule has 0 unspecified atom stereocenters. The highest BCUT2D eigenvalue weighted by Crippen LogP contribution is 2.20. The van der Waals surface area contributed by atoms with Gasteiger partial charge in [0.2, 0.25) is 5.91 Å². The molecule has 24 heavy (non-hydrogen) atoms. The zero-order valence-electron chi connectivity index (χ0n) is 13.3. The highest BCUT2D eigenvalue weighted by Gasteiger charge is 2.20. The number of amides is 1. The molecule has 0 radical (unpaired) electrons. The molecule has 0 saturated heterocycles. The molecular formula is C19H18N2O2S. The molecule has 1 aliphatic heterocycles. The van der Waals surface area contributed by atoms with Crippen LogP contribution in [0.1, 0.15) is 17.5 Å².